The average molecular weight is 538 g/mol. The van der Waals surface area contributed by atoms with E-state index in [4.69, 9.17) is 0 Å². The molecule has 1 saturated heterocycles. The van der Waals surface area contributed by atoms with E-state index in [9.17, 15) is 15.3 Å². The highest BCUT2D eigenvalue weighted by Crippen LogP contribution is 2.65. The molecular formula is C31H28BrN3O. The third-order valence-electron chi connectivity index (χ3n) is 10.0. The van der Waals surface area contributed by atoms with Gasteiger partial charge >= 0.3 is 0 Å². The number of carbonyl (C=O) groups excluding carboxylic acids is 1. The maximum absolute atomic E-state index is 15.0. The van der Waals surface area contributed by atoms with Gasteiger partial charge in [0.15, 0.2) is 11.2 Å². The first-order valence-electron chi connectivity index (χ1n) is 13.2. The lowest BCUT2D eigenvalue weighted by atomic mass is 9.47. The molecule has 0 spiro atoms. The molecule has 2 aliphatic heterocycles. The lowest BCUT2D eigenvalue weighted by Gasteiger charge is -2.57. The van der Waals surface area contributed by atoms with Crippen LogP contribution in [0.3, 0.4) is 0 Å². The van der Waals surface area contributed by atoms with Crippen LogP contribution in [0.15, 0.2) is 59.2 Å². The largest absolute Gasteiger partial charge is 0.357 e. The molecule has 8 rings (SSSR count). The number of fused-ring (bicyclic) bond motifs is 3. The van der Waals surface area contributed by atoms with E-state index in [1.54, 1.807) is 0 Å². The molecule has 5 fully saturated rings. The Labute approximate surface area is 220 Å². The fourth-order valence-electron chi connectivity index (χ4n) is 9.09. The SMILES string of the molecule is N#CC1(C#N)C(c2ccccc2Br)C(C(=O)C23CC4CC(CC(C4)C2)C3)N2C=Cc3ccccc3C21. The van der Waals surface area contributed by atoms with E-state index < -0.39 is 23.4 Å². The third kappa shape index (κ3) is 2.87. The van der Waals surface area contributed by atoms with Gasteiger partial charge in [-0.3, -0.25) is 4.79 Å². The fourth-order valence-corrected chi connectivity index (χ4v) is 9.62. The number of nitriles is 2. The molecule has 0 aromatic heterocycles. The van der Waals surface area contributed by atoms with E-state index in [-0.39, 0.29) is 11.2 Å². The van der Waals surface area contributed by atoms with E-state index in [0.29, 0.717) is 17.8 Å². The Hall–Kier alpha value is -2.89. The highest BCUT2D eigenvalue weighted by atomic mass is 79.9. The van der Waals surface area contributed by atoms with E-state index >= 15 is 0 Å². The van der Waals surface area contributed by atoms with E-state index in [2.05, 4.69) is 33.0 Å². The first-order chi connectivity index (χ1) is 17.5. The number of halogens is 1. The lowest BCUT2D eigenvalue weighted by molar-refractivity contribution is -0.148. The van der Waals surface area contributed by atoms with Gasteiger partial charge in [0.1, 0.15) is 0 Å². The number of rotatable bonds is 3. The van der Waals surface area contributed by atoms with Gasteiger partial charge in [-0.25, -0.2) is 0 Å². The minimum Gasteiger partial charge on any atom is -0.357 e. The van der Waals surface area contributed by atoms with Crippen LogP contribution in [0.1, 0.15) is 67.2 Å². The van der Waals surface area contributed by atoms with Crippen LogP contribution in [0.25, 0.3) is 6.08 Å². The first kappa shape index (κ1) is 22.3. The predicted octanol–water partition coefficient (Wildman–Crippen LogP) is 6.76. The van der Waals surface area contributed by atoms with Gasteiger partial charge in [0, 0.05) is 22.0 Å². The Kier molecular flexibility index (Phi) is 4.84. The van der Waals surface area contributed by atoms with Crippen molar-refractivity contribution in [1.29, 1.82) is 10.5 Å². The molecule has 3 atom stereocenters. The molecule has 180 valence electrons. The smallest absolute Gasteiger partial charge is 0.177 e. The molecule has 5 heteroatoms. The Bertz CT molecular complexity index is 1330. The summed E-state index contributed by atoms with van der Waals surface area (Å²) in [5, 5.41) is 21.6. The van der Waals surface area contributed by atoms with Crippen molar-refractivity contribution in [1.82, 2.24) is 4.90 Å². The van der Waals surface area contributed by atoms with E-state index in [1.807, 2.05) is 60.8 Å². The van der Waals surface area contributed by atoms with Crippen LogP contribution in [0.4, 0.5) is 0 Å². The molecule has 2 aromatic rings. The van der Waals surface area contributed by atoms with Gasteiger partial charge in [-0.2, -0.15) is 10.5 Å². The van der Waals surface area contributed by atoms with E-state index in [0.717, 1.165) is 40.4 Å². The molecule has 4 saturated carbocycles. The number of hydrogen-bond acceptors (Lipinski definition) is 4. The number of ketones is 1. The minimum absolute atomic E-state index is 0.267. The second-order valence-corrected chi connectivity index (χ2v) is 12.7. The van der Waals surface area contributed by atoms with Crippen LogP contribution in [0, 0.1) is 51.2 Å². The summed E-state index contributed by atoms with van der Waals surface area (Å²) in [6.07, 6.45) is 10.8. The van der Waals surface area contributed by atoms with Crippen molar-refractivity contribution in [2.75, 3.05) is 0 Å². The molecule has 2 heterocycles. The first-order valence-corrected chi connectivity index (χ1v) is 13.9. The van der Waals surface area contributed by atoms with Gasteiger partial charge in [0.25, 0.3) is 0 Å². The standard InChI is InChI=1S/C31H28BrN3O/c32-25-8-4-3-7-24(25)26-27(29(36)30-14-19-11-20(15-30)13-21(12-19)16-30)35-10-9-22-5-1-2-6-23(22)28(35)31(26,17-33)18-34/h1-10,19-21,26-28H,11-16H2. The Morgan fingerprint density at radius 1 is 0.889 bits per heavy atom. The van der Waals surface area contributed by atoms with Crippen molar-refractivity contribution in [2.45, 2.75) is 56.5 Å². The summed E-state index contributed by atoms with van der Waals surface area (Å²) in [5.74, 6) is 1.66. The lowest BCUT2D eigenvalue weighted by Crippen LogP contribution is -2.55. The van der Waals surface area contributed by atoms with Crippen molar-refractivity contribution < 1.29 is 4.79 Å². The van der Waals surface area contributed by atoms with Gasteiger partial charge in [-0.15, -0.1) is 0 Å². The number of nitrogens with zero attached hydrogens (tertiary/aromatic N) is 3. The van der Waals surface area contributed by atoms with Crippen LogP contribution in [0.2, 0.25) is 0 Å². The normalized spacial score (nSPS) is 36.6. The summed E-state index contributed by atoms with van der Waals surface area (Å²) >= 11 is 3.72. The van der Waals surface area contributed by atoms with Crippen LogP contribution in [-0.4, -0.2) is 16.7 Å². The molecule has 4 bridgehead atoms. The second kappa shape index (κ2) is 7.80. The van der Waals surface area contributed by atoms with E-state index in [1.165, 1.54) is 19.3 Å². The highest BCUT2D eigenvalue weighted by molar-refractivity contribution is 9.10. The van der Waals surface area contributed by atoms with Crippen LogP contribution < -0.4 is 0 Å². The average Bonchev–Trinajstić information content (AvgIpc) is 3.18. The highest BCUT2D eigenvalue weighted by Gasteiger charge is 2.67. The van der Waals surface area contributed by atoms with Crippen LogP contribution in [0.5, 0.6) is 0 Å². The van der Waals surface area contributed by atoms with Gasteiger partial charge in [0.2, 0.25) is 0 Å². The van der Waals surface area contributed by atoms with Crippen LogP contribution in [-0.2, 0) is 4.79 Å². The maximum Gasteiger partial charge on any atom is 0.177 e. The summed E-state index contributed by atoms with van der Waals surface area (Å²) < 4.78 is 0.852. The van der Waals surface area contributed by atoms with Crippen molar-refractivity contribution in [2.24, 2.45) is 28.6 Å². The summed E-state index contributed by atoms with van der Waals surface area (Å²) in [6, 6.07) is 19.8. The third-order valence-corrected chi connectivity index (χ3v) is 10.7. The maximum atomic E-state index is 15.0. The zero-order valence-electron chi connectivity index (χ0n) is 20.1. The molecule has 36 heavy (non-hydrogen) atoms. The molecule has 0 amide bonds. The van der Waals surface area contributed by atoms with Crippen molar-refractivity contribution >= 4 is 27.8 Å². The van der Waals surface area contributed by atoms with Crippen molar-refractivity contribution in [3.8, 4) is 12.1 Å². The summed E-state index contributed by atoms with van der Waals surface area (Å²) in [5.41, 5.74) is 1.13. The number of Topliss-reactive ketones (excluding diaryl/α,β-unsaturated/α-hetero) is 1. The molecule has 0 radical (unpaired) electrons. The summed E-state index contributed by atoms with van der Waals surface area (Å²) in [6.45, 7) is 0. The summed E-state index contributed by atoms with van der Waals surface area (Å²) in [7, 11) is 0. The zero-order chi connectivity index (χ0) is 24.7. The quantitative estimate of drug-likeness (QED) is 0.433. The molecule has 6 aliphatic rings. The summed E-state index contributed by atoms with van der Waals surface area (Å²) in [4.78, 5) is 17.1. The molecule has 4 aliphatic carbocycles. The van der Waals surface area contributed by atoms with Crippen molar-refractivity contribution in [3.05, 3.63) is 75.9 Å². The van der Waals surface area contributed by atoms with Crippen molar-refractivity contribution in [3.63, 3.8) is 0 Å². The van der Waals surface area contributed by atoms with Gasteiger partial charge < -0.3 is 4.90 Å². The molecule has 0 N–H and O–H groups in total. The zero-order valence-corrected chi connectivity index (χ0v) is 21.7. The molecule has 4 nitrogen and oxygen atoms in total. The minimum atomic E-state index is -1.40. The van der Waals surface area contributed by atoms with Gasteiger partial charge in [0.05, 0.1) is 24.2 Å². The topological polar surface area (TPSA) is 67.9 Å². The Morgan fingerprint density at radius 2 is 1.47 bits per heavy atom. The Balaban J connectivity index is 1.44. The predicted molar refractivity (Wildman–Crippen MR) is 140 cm³/mol. The van der Waals surface area contributed by atoms with Crippen LogP contribution >= 0.6 is 15.9 Å². The number of carbonyl (C=O) groups is 1. The fraction of sp³-hybridized carbons (Fsp3) is 0.452. The Morgan fingerprint density at radius 3 is 2.08 bits per heavy atom. The monoisotopic (exact) mass is 537 g/mol. The molecule has 3 unspecified atom stereocenters. The van der Waals surface area contributed by atoms with Gasteiger partial charge in [-0.05, 0) is 85.1 Å². The number of hydrogen-bond donors (Lipinski definition) is 0. The second-order valence-electron chi connectivity index (χ2n) is 11.9. The van der Waals surface area contributed by atoms with Gasteiger partial charge in [-0.1, -0.05) is 58.4 Å². The molecule has 2 aromatic carbocycles. The number of benzene rings is 2. The molecular weight excluding hydrogens is 510 g/mol.